The maximum atomic E-state index is 11.9. The SMILES string of the molecule is CCCCCCCCCC(C)=CCCCCC(=O)N1CCCC1. The van der Waals surface area contributed by atoms with Crippen molar-refractivity contribution in [3.8, 4) is 0 Å². The lowest BCUT2D eigenvalue weighted by Gasteiger charge is -2.14. The number of nitrogens with zero attached hydrogens (tertiary/aromatic N) is 1. The largest absolute Gasteiger partial charge is 0.343 e. The fourth-order valence-corrected chi connectivity index (χ4v) is 3.36. The zero-order valence-corrected chi connectivity index (χ0v) is 15.7. The zero-order chi connectivity index (χ0) is 16.8. The van der Waals surface area contributed by atoms with Crippen molar-refractivity contribution in [3.63, 3.8) is 0 Å². The molecule has 0 bridgehead atoms. The quantitative estimate of drug-likeness (QED) is 0.290. The molecule has 0 aliphatic carbocycles. The Bertz CT molecular complexity index is 329. The predicted octanol–water partition coefficient (Wildman–Crippen LogP) is 6.26. The van der Waals surface area contributed by atoms with Gasteiger partial charge >= 0.3 is 0 Å². The minimum Gasteiger partial charge on any atom is -0.343 e. The van der Waals surface area contributed by atoms with Crippen LogP contribution in [0.4, 0.5) is 0 Å². The van der Waals surface area contributed by atoms with Crippen LogP contribution in [-0.4, -0.2) is 23.9 Å². The summed E-state index contributed by atoms with van der Waals surface area (Å²) in [4.78, 5) is 14.0. The lowest BCUT2D eigenvalue weighted by molar-refractivity contribution is -0.130. The Kier molecular flexibility index (Phi) is 12.0. The molecule has 1 amide bonds. The van der Waals surface area contributed by atoms with E-state index in [1.54, 1.807) is 5.57 Å². The molecule has 1 heterocycles. The molecule has 0 atom stereocenters. The first-order chi connectivity index (χ1) is 11.2. The molecule has 1 aliphatic rings. The smallest absolute Gasteiger partial charge is 0.222 e. The van der Waals surface area contributed by atoms with Gasteiger partial charge in [-0.3, -0.25) is 4.79 Å². The standard InChI is InChI=1S/C21H39NO/c1-3-4-5-6-7-8-10-15-20(2)16-11-9-12-17-21(23)22-18-13-14-19-22/h16H,3-15,17-19H2,1-2H3. The van der Waals surface area contributed by atoms with Crippen molar-refractivity contribution in [2.75, 3.05) is 13.1 Å². The van der Waals surface area contributed by atoms with Crippen LogP contribution >= 0.6 is 0 Å². The van der Waals surface area contributed by atoms with Crippen LogP contribution in [0.2, 0.25) is 0 Å². The Hall–Kier alpha value is -0.790. The molecule has 0 N–H and O–H groups in total. The maximum Gasteiger partial charge on any atom is 0.222 e. The summed E-state index contributed by atoms with van der Waals surface area (Å²) in [6.07, 6.45) is 19.9. The van der Waals surface area contributed by atoms with Crippen LogP contribution in [0, 0.1) is 0 Å². The molecule has 2 nitrogen and oxygen atoms in total. The molecular formula is C21H39NO. The van der Waals surface area contributed by atoms with Gasteiger partial charge < -0.3 is 4.90 Å². The normalized spacial score (nSPS) is 15.4. The summed E-state index contributed by atoms with van der Waals surface area (Å²) in [5, 5.41) is 0. The van der Waals surface area contributed by atoms with Crippen LogP contribution in [-0.2, 0) is 4.79 Å². The van der Waals surface area contributed by atoms with Crippen molar-refractivity contribution in [1.29, 1.82) is 0 Å². The molecule has 1 aliphatic heterocycles. The van der Waals surface area contributed by atoms with Gasteiger partial charge in [-0.15, -0.1) is 0 Å². The molecule has 1 rings (SSSR count). The number of carbonyl (C=O) groups is 1. The molecule has 134 valence electrons. The van der Waals surface area contributed by atoms with Gasteiger partial charge in [0.2, 0.25) is 5.91 Å². The highest BCUT2D eigenvalue weighted by molar-refractivity contribution is 5.76. The lowest BCUT2D eigenvalue weighted by Crippen LogP contribution is -2.27. The second-order valence-electron chi connectivity index (χ2n) is 7.26. The van der Waals surface area contributed by atoms with Crippen LogP contribution < -0.4 is 0 Å². The molecular weight excluding hydrogens is 282 g/mol. The number of rotatable bonds is 13. The summed E-state index contributed by atoms with van der Waals surface area (Å²) < 4.78 is 0. The Morgan fingerprint density at radius 3 is 2.17 bits per heavy atom. The van der Waals surface area contributed by atoms with Crippen LogP contribution in [0.25, 0.3) is 0 Å². The number of carbonyl (C=O) groups excluding carboxylic acids is 1. The van der Waals surface area contributed by atoms with Crippen molar-refractivity contribution < 1.29 is 4.79 Å². The molecule has 1 saturated heterocycles. The van der Waals surface area contributed by atoms with Gasteiger partial charge in [-0.25, -0.2) is 0 Å². The number of unbranched alkanes of at least 4 members (excludes halogenated alkanes) is 8. The van der Waals surface area contributed by atoms with Gasteiger partial charge in [0.15, 0.2) is 0 Å². The maximum absolute atomic E-state index is 11.9. The van der Waals surface area contributed by atoms with E-state index in [2.05, 4.69) is 19.9 Å². The summed E-state index contributed by atoms with van der Waals surface area (Å²) >= 11 is 0. The highest BCUT2D eigenvalue weighted by atomic mass is 16.2. The van der Waals surface area contributed by atoms with E-state index in [4.69, 9.17) is 0 Å². The molecule has 23 heavy (non-hydrogen) atoms. The van der Waals surface area contributed by atoms with Gasteiger partial charge in [-0.05, 0) is 51.9 Å². The van der Waals surface area contributed by atoms with Crippen LogP contribution in [0.5, 0.6) is 0 Å². The predicted molar refractivity (Wildman–Crippen MR) is 101 cm³/mol. The van der Waals surface area contributed by atoms with E-state index in [-0.39, 0.29) is 0 Å². The topological polar surface area (TPSA) is 20.3 Å². The Balaban J connectivity index is 1.92. The van der Waals surface area contributed by atoms with Crippen LogP contribution in [0.1, 0.15) is 104 Å². The Morgan fingerprint density at radius 2 is 1.48 bits per heavy atom. The fourth-order valence-electron chi connectivity index (χ4n) is 3.36. The summed E-state index contributed by atoms with van der Waals surface area (Å²) in [6.45, 7) is 6.54. The van der Waals surface area contributed by atoms with Gasteiger partial charge in [0, 0.05) is 19.5 Å². The number of likely N-dealkylation sites (tertiary alicyclic amines) is 1. The van der Waals surface area contributed by atoms with Crippen LogP contribution in [0.3, 0.4) is 0 Å². The first-order valence-corrected chi connectivity index (χ1v) is 10.2. The first kappa shape index (κ1) is 20.3. The molecule has 0 aromatic rings. The van der Waals surface area contributed by atoms with Crippen LogP contribution in [0.15, 0.2) is 11.6 Å². The van der Waals surface area contributed by atoms with Gasteiger partial charge in [-0.1, -0.05) is 57.1 Å². The van der Waals surface area contributed by atoms with Crippen molar-refractivity contribution in [1.82, 2.24) is 4.90 Å². The van der Waals surface area contributed by atoms with Crippen molar-refractivity contribution in [2.24, 2.45) is 0 Å². The molecule has 0 saturated carbocycles. The summed E-state index contributed by atoms with van der Waals surface area (Å²) in [6, 6.07) is 0. The van der Waals surface area contributed by atoms with Crippen molar-refractivity contribution in [3.05, 3.63) is 11.6 Å². The minimum absolute atomic E-state index is 0.381. The first-order valence-electron chi connectivity index (χ1n) is 10.2. The Morgan fingerprint density at radius 1 is 0.870 bits per heavy atom. The summed E-state index contributed by atoms with van der Waals surface area (Å²) in [7, 11) is 0. The average Bonchev–Trinajstić information content (AvgIpc) is 3.08. The highest BCUT2D eigenvalue weighted by Gasteiger charge is 2.16. The molecule has 0 aromatic carbocycles. The molecule has 0 aromatic heterocycles. The van der Waals surface area contributed by atoms with E-state index >= 15 is 0 Å². The average molecular weight is 322 g/mol. The number of hydrogen-bond donors (Lipinski definition) is 0. The summed E-state index contributed by atoms with van der Waals surface area (Å²) in [5.41, 5.74) is 1.55. The summed E-state index contributed by atoms with van der Waals surface area (Å²) in [5.74, 6) is 0.381. The second-order valence-corrected chi connectivity index (χ2v) is 7.26. The van der Waals surface area contributed by atoms with E-state index in [1.807, 2.05) is 4.90 Å². The monoisotopic (exact) mass is 321 g/mol. The third-order valence-electron chi connectivity index (χ3n) is 4.97. The minimum atomic E-state index is 0.381. The third kappa shape index (κ3) is 10.6. The van der Waals surface area contributed by atoms with E-state index < -0.39 is 0 Å². The highest BCUT2D eigenvalue weighted by Crippen LogP contribution is 2.14. The number of hydrogen-bond acceptors (Lipinski definition) is 1. The molecule has 0 unspecified atom stereocenters. The van der Waals surface area contributed by atoms with Gasteiger partial charge in [0.1, 0.15) is 0 Å². The van der Waals surface area contributed by atoms with E-state index in [9.17, 15) is 4.79 Å². The third-order valence-corrected chi connectivity index (χ3v) is 4.97. The van der Waals surface area contributed by atoms with E-state index in [0.717, 1.165) is 38.8 Å². The molecule has 1 fully saturated rings. The van der Waals surface area contributed by atoms with Gasteiger partial charge in [0.25, 0.3) is 0 Å². The van der Waals surface area contributed by atoms with Gasteiger partial charge in [0.05, 0.1) is 0 Å². The van der Waals surface area contributed by atoms with Crippen molar-refractivity contribution in [2.45, 2.75) is 104 Å². The lowest BCUT2D eigenvalue weighted by atomic mass is 10.0. The second kappa shape index (κ2) is 13.6. The number of amides is 1. The zero-order valence-electron chi connectivity index (χ0n) is 15.7. The Labute approximate surface area is 144 Å². The van der Waals surface area contributed by atoms with E-state index in [0.29, 0.717) is 5.91 Å². The fraction of sp³-hybridized carbons (Fsp3) is 0.857. The molecule has 2 heteroatoms. The number of allylic oxidation sites excluding steroid dienone is 2. The molecule has 0 radical (unpaired) electrons. The van der Waals surface area contributed by atoms with Crippen molar-refractivity contribution >= 4 is 5.91 Å². The molecule has 0 spiro atoms. The van der Waals surface area contributed by atoms with Gasteiger partial charge in [-0.2, -0.15) is 0 Å². The van der Waals surface area contributed by atoms with E-state index in [1.165, 1.54) is 64.2 Å².